The molecular weight excluding hydrogens is 226 g/mol. The Kier molecular flexibility index (Phi) is 4.31. The van der Waals surface area contributed by atoms with Crippen molar-refractivity contribution in [2.24, 2.45) is 0 Å². The molecular formula is C15H17NO2. The van der Waals surface area contributed by atoms with Gasteiger partial charge in [0.2, 0.25) is 0 Å². The van der Waals surface area contributed by atoms with Crippen LogP contribution in [0.1, 0.15) is 24.3 Å². The molecule has 2 rings (SSSR count). The summed E-state index contributed by atoms with van der Waals surface area (Å²) in [6.45, 7) is 2.35. The largest absolute Gasteiger partial charge is 0.493 e. The number of rotatable bonds is 5. The molecule has 0 radical (unpaired) electrons. The van der Waals surface area contributed by atoms with Gasteiger partial charge >= 0.3 is 0 Å². The van der Waals surface area contributed by atoms with Crippen molar-refractivity contribution in [2.75, 3.05) is 6.61 Å². The molecule has 1 aromatic carbocycles. The third-order valence-electron chi connectivity index (χ3n) is 2.72. The molecule has 0 unspecified atom stereocenters. The van der Waals surface area contributed by atoms with E-state index in [-0.39, 0.29) is 0 Å². The zero-order valence-electron chi connectivity index (χ0n) is 10.4. The minimum absolute atomic E-state index is 0.437. The van der Waals surface area contributed by atoms with E-state index in [1.165, 1.54) is 0 Å². The Morgan fingerprint density at radius 3 is 2.56 bits per heavy atom. The summed E-state index contributed by atoms with van der Waals surface area (Å²) in [4.78, 5) is 4.23. The monoisotopic (exact) mass is 243 g/mol. The van der Waals surface area contributed by atoms with E-state index in [1.807, 2.05) is 42.5 Å². The molecule has 0 aliphatic rings. The first-order chi connectivity index (χ1) is 8.75. The summed E-state index contributed by atoms with van der Waals surface area (Å²) in [5, 5.41) is 9.39. The highest BCUT2D eigenvalue weighted by Crippen LogP contribution is 2.17. The summed E-state index contributed by atoms with van der Waals surface area (Å²) in [7, 11) is 0. The minimum atomic E-state index is -0.437. The lowest BCUT2D eigenvalue weighted by atomic mass is 10.1. The van der Waals surface area contributed by atoms with Crippen molar-refractivity contribution < 1.29 is 9.84 Å². The number of hydrogen-bond acceptors (Lipinski definition) is 3. The number of aromatic nitrogens is 1. The smallest absolute Gasteiger partial charge is 0.119 e. The topological polar surface area (TPSA) is 42.4 Å². The van der Waals surface area contributed by atoms with E-state index in [2.05, 4.69) is 4.98 Å². The second kappa shape index (κ2) is 6.17. The van der Waals surface area contributed by atoms with Gasteiger partial charge < -0.3 is 9.84 Å². The third kappa shape index (κ3) is 3.57. The molecule has 2 aromatic rings. The van der Waals surface area contributed by atoms with E-state index >= 15 is 0 Å². The van der Waals surface area contributed by atoms with Gasteiger partial charge in [-0.1, -0.05) is 18.2 Å². The molecule has 0 aliphatic heterocycles. The maximum absolute atomic E-state index is 9.39. The Balaban J connectivity index is 1.83. The number of pyridine rings is 1. The average Bonchev–Trinajstić information content (AvgIpc) is 2.40. The van der Waals surface area contributed by atoms with Crippen molar-refractivity contribution in [3.63, 3.8) is 0 Å². The van der Waals surface area contributed by atoms with Gasteiger partial charge in [0.05, 0.1) is 12.7 Å². The normalized spacial score (nSPS) is 12.1. The van der Waals surface area contributed by atoms with Crippen molar-refractivity contribution in [1.82, 2.24) is 4.98 Å². The number of nitrogens with zero attached hydrogens (tertiary/aromatic N) is 1. The summed E-state index contributed by atoms with van der Waals surface area (Å²) < 4.78 is 5.62. The van der Waals surface area contributed by atoms with Crippen LogP contribution in [0.5, 0.6) is 5.75 Å². The molecule has 3 nitrogen and oxygen atoms in total. The van der Waals surface area contributed by atoms with Gasteiger partial charge in [-0.3, -0.25) is 4.98 Å². The highest BCUT2D eigenvalue weighted by atomic mass is 16.5. The molecule has 18 heavy (non-hydrogen) atoms. The fourth-order valence-corrected chi connectivity index (χ4v) is 1.66. The van der Waals surface area contributed by atoms with Gasteiger partial charge in [0.1, 0.15) is 5.75 Å². The fourth-order valence-electron chi connectivity index (χ4n) is 1.66. The standard InChI is InChI=1S/C15H17NO2/c1-12(17)13-5-7-15(8-6-13)18-11-9-14-4-2-3-10-16-14/h2-8,10,12,17H,9,11H2,1H3/t12-/m0/s1. The SMILES string of the molecule is C[C@H](O)c1ccc(OCCc2ccccn2)cc1. The Morgan fingerprint density at radius 2 is 1.94 bits per heavy atom. The molecule has 0 saturated carbocycles. The summed E-state index contributed by atoms with van der Waals surface area (Å²) in [5.74, 6) is 0.815. The van der Waals surface area contributed by atoms with Crippen molar-refractivity contribution in [3.05, 3.63) is 59.9 Å². The van der Waals surface area contributed by atoms with Gasteiger partial charge in [0, 0.05) is 18.3 Å². The summed E-state index contributed by atoms with van der Waals surface area (Å²) >= 11 is 0. The van der Waals surface area contributed by atoms with Crippen molar-refractivity contribution in [3.8, 4) is 5.75 Å². The zero-order chi connectivity index (χ0) is 12.8. The summed E-state index contributed by atoms with van der Waals surface area (Å²) in [6.07, 6.45) is 2.14. The molecule has 3 heteroatoms. The van der Waals surface area contributed by atoms with Gasteiger partial charge in [-0.05, 0) is 36.8 Å². The lowest BCUT2D eigenvalue weighted by Gasteiger charge is -2.08. The van der Waals surface area contributed by atoms with Crippen LogP contribution in [-0.2, 0) is 6.42 Å². The number of ether oxygens (including phenoxy) is 1. The maximum atomic E-state index is 9.39. The molecule has 0 saturated heterocycles. The predicted molar refractivity (Wildman–Crippen MR) is 70.5 cm³/mol. The van der Waals surface area contributed by atoms with Gasteiger partial charge in [-0.25, -0.2) is 0 Å². The zero-order valence-corrected chi connectivity index (χ0v) is 10.4. The van der Waals surface area contributed by atoms with E-state index in [9.17, 15) is 5.11 Å². The van der Waals surface area contributed by atoms with Crippen LogP contribution in [0.2, 0.25) is 0 Å². The third-order valence-corrected chi connectivity index (χ3v) is 2.72. The molecule has 94 valence electrons. The van der Waals surface area contributed by atoms with E-state index in [0.29, 0.717) is 6.61 Å². The first kappa shape index (κ1) is 12.6. The first-order valence-corrected chi connectivity index (χ1v) is 6.06. The molecule has 1 N–H and O–H groups in total. The quantitative estimate of drug-likeness (QED) is 0.878. The Morgan fingerprint density at radius 1 is 1.17 bits per heavy atom. The van der Waals surface area contributed by atoms with Crippen LogP contribution in [0.4, 0.5) is 0 Å². The minimum Gasteiger partial charge on any atom is -0.493 e. The fraction of sp³-hybridized carbons (Fsp3) is 0.267. The Bertz CT molecular complexity index is 466. The molecule has 1 aromatic heterocycles. The molecule has 0 fully saturated rings. The Labute approximate surface area is 107 Å². The summed E-state index contributed by atoms with van der Waals surface area (Å²) in [6, 6.07) is 13.4. The number of hydrogen-bond donors (Lipinski definition) is 1. The lowest BCUT2D eigenvalue weighted by molar-refractivity contribution is 0.199. The second-order valence-corrected chi connectivity index (χ2v) is 4.16. The highest BCUT2D eigenvalue weighted by Gasteiger charge is 2.01. The second-order valence-electron chi connectivity index (χ2n) is 4.16. The predicted octanol–water partition coefficient (Wildman–Crippen LogP) is 2.76. The van der Waals surface area contributed by atoms with Gasteiger partial charge in [-0.2, -0.15) is 0 Å². The van der Waals surface area contributed by atoms with E-state index < -0.39 is 6.10 Å². The lowest BCUT2D eigenvalue weighted by Crippen LogP contribution is -2.02. The molecule has 1 heterocycles. The van der Waals surface area contributed by atoms with E-state index in [1.54, 1.807) is 13.1 Å². The molecule has 0 amide bonds. The van der Waals surface area contributed by atoms with Gasteiger partial charge in [0.25, 0.3) is 0 Å². The molecule has 1 atom stereocenters. The maximum Gasteiger partial charge on any atom is 0.119 e. The Hall–Kier alpha value is -1.87. The van der Waals surface area contributed by atoms with Crippen molar-refractivity contribution in [2.45, 2.75) is 19.4 Å². The van der Waals surface area contributed by atoms with Gasteiger partial charge in [0.15, 0.2) is 0 Å². The molecule has 0 aliphatic carbocycles. The average molecular weight is 243 g/mol. The molecule has 0 spiro atoms. The highest BCUT2D eigenvalue weighted by molar-refractivity contribution is 5.28. The summed E-state index contributed by atoms with van der Waals surface area (Å²) in [5.41, 5.74) is 1.92. The van der Waals surface area contributed by atoms with Crippen LogP contribution in [0, 0.1) is 0 Å². The van der Waals surface area contributed by atoms with Crippen LogP contribution in [0.15, 0.2) is 48.7 Å². The van der Waals surface area contributed by atoms with Crippen LogP contribution < -0.4 is 4.74 Å². The first-order valence-electron chi connectivity index (χ1n) is 6.06. The van der Waals surface area contributed by atoms with Crippen molar-refractivity contribution >= 4 is 0 Å². The number of benzene rings is 1. The van der Waals surface area contributed by atoms with E-state index in [0.717, 1.165) is 23.4 Å². The van der Waals surface area contributed by atoms with Gasteiger partial charge in [-0.15, -0.1) is 0 Å². The number of aliphatic hydroxyl groups is 1. The van der Waals surface area contributed by atoms with E-state index in [4.69, 9.17) is 4.74 Å². The van der Waals surface area contributed by atoms with Crippen LogP contribution in [0.3, 0.4) is 0 Å². The van der Waals surface area contributed by atoms with Crippen LogP contribution in [0.25, 0.3) is 0 Å². The number of aliphatic hydroxyl groups excluding tert-OH is 1. The van der Waals surface area contributed by atoms with Crippen LogP contribution >= 0.6 is 0 Å². The molecule has 0 bridgehead atoms. The van der Waals surface area contributed by atoms with Crippen LogP contribution in [-0.4, -0.2) is 16.7 Å². The van der Waals surface area contributed by atoms with Crippen molar-refractivity contribution in [1.29, 1.82) is 0 Å².